The molecule has 1 atom stereocenters. The van der Waals surface area contributed by atoms with Gasteiger partial charge in [-0.05, 0) is 49.2 Å². The molecule has 0 aliphatic heterocycles. The van der Waals surface area contributed by atoms with E-state index in [-0.39, 0.29) is 11.9 Å². The number of ether oxygens (including phenoxy) is 1. The molecule has 0 aromatic heterocycles. The van der Waals surface area contributed by atoms with E-state index in [0.717, 1.165) is 31.7 Å². The van der Waals surface area contributed by atoms with Crippen LogP contribution in [0.4, 0.5) is 0 Å². The fourth-order valence-corrected chi connectivity index (χ4v) is 3.37. The molecule has 2 aromatic rings. The number of benzene rings is 2. The molecule has 0 heterocycles. The summed E-state index contributed by atoms with van der Waals surface area (Å²) >= 11 is 0. The van der Waals surface area contributed by atoms with Gasteiger partial charge < -0.3 is 10.1 Å². The third-order valence-electron chi connectivity index (χ3n) is 4.94. The number of methoxy groups -OCH3 is 1. The second-order valence-electron chi connectivity index (χ2n) is 6.66. The quantitative estimate of drug-likeness (QED) is 0.646. The smallest absolute Gasteiger partial charge is 0.220 e. The van der Waals surface area contributed by atoms with Crippen molar-refractivity contribution in [2.75, 3.05) is 26.7 Å². The maximum absolute atomic E-state index is 12.3. The molecule has 0 saturated heterocycles. The van der Waals surface area contributed by atoms with Crippen molar-refractivity contribution in [3.05, 3.63) is 65.7 Å². The van der Waals surface area contributed by atoms with E-state index in [1.54, 1.807) is 7.11 Å². The molecule has 4 nitrogen and oxygen atoms in total. The molecule has 0 spiro atoms. The molecule has 146 valence electrons. The molecule has 0 saturated carbocycles. The van der Waals surface area contributed by atoms with Crippen LogP contribution in [-0.2, 0) is 11.2 Å². The second-order valence-corrected chi connectivity index (χ2v) is 6.66. The summed E-state index contributed by atoms with van der Waals surface area (Å²) in [6.07, 6.45) is 2.35. The first kappa shape index (κ1) is 21.0. The second kappa shape index (κ2) is 11.4. The number of nitrogens with one attached hydrogen (secondary N) is 1. The molecular formula is C23H32N2O2. The molecule has 1 unspecified atom stereocenters. The van der Waals surface area contributed by atoms with Gasteiger partial charge in [-0.2, -0.15) is 0 Å². The highest BCUT2D eigenvalue weighted by Gasteiger charge is 2.19. The molecule has 27 heavy (non-hydrogen) atoms. The van der Waals surface area contributed by atoms with Crippen LogP contribution in [0.15, 0.2) is 54.6 Å². The molecule has 0 aliphatic rings. The van der Waals surface area contributed by atoms with Crippen molar-refractivity contribution in [1.29, 1.82) is 0 Å². The highest BCUT2D eigenvalue weighted by atomic mass is 16.5. The van der Waals surface area contributed by atoms with E-state index < -0.39 is 0 Å². The summed E-state index contributed by atoms with van der Waals surface area (Å²) in [5.41, 5.74) is 2.45. The van der Waals surface area contributed by atoms with Crippen LogP contribution < -0.4 is 10.1 Å². The molecule has 0 bridgehead atoms. The van der Waals surface area contributed by atoms with Crippen molar-refractivity contribution in [2.24, 2.45) is 0 Å². The van der Waals surface area contributed by atoms with Gasteiger partial charge in [-0.1, -0.05) is 56.3 Å². The van der Waals surface area contributed by atoms with Crippen molar-refractivity contribution in [1.82, 2.24) is 10.2 Å². The number of carbonyl (C=O) groups is 1. The molecule has 0 radical (unpaired) electrons. The standard InChI is InChI=1S/C23H32N2O2/c1-4-25(5-2)22(20-14-10-15-21(17-20)27-3)18-24-23(26)16-9-13-19-11-7-6-8-12-19/h6-8,10-12,14-15,17,22H,4-5,9,13,16,18H2,1-3H3,(H,24,26). The fourth-order valence-electron chi connectivity index (χ4n) is 3.37. The summed E-state index contributed by atoms with van der Waals surface area (Å²) in [5, 5.41) is 3.13. The number of likely N-dealkylation sites (N-methyl/N-ethyl adjacent to an activating group) is 1. The number of amides is 1. The van der Waals surface area contributed by atoms with E-state index in [9.17, 15) is 4.79 Å². The van der Waals surface area contributed by atoms with Gasteiger partial charge in [0.15, 0.2) is 0 Å². The van der Waals surface area contributed by atoms with Crippen molar-refractivity contribution < 1.29 is 9.53 Å². The van der Waals surface area contributed by atoms with Gasteiger partial charge in [0.2, 0.25) is 5.91 Å². The highest BCUT2D eigenvalue weighted by Crippen LogP contribution is 2.23. The minimum atomic E-state index is 0.117. The van der Waals surface area contributed by atoms with Gasteiger partial charge in [0, 0.05) is 13.0 Å². The van der Waals surface area contributed by atoms with Crippen molar-refractivity contribution >= 4 is 5.91 Å². The average molecular weight is 369 g/mol. The highest BCUT2D eigenvalue weighted by molar-refractivity contribution is 5.75. The first-order valence-corrected chi connectivity index (χ1v) is 9.86. The maximum Gasteiger partial charge on any atom is 0.220 e. The molecule has 4 heteroatoms. The molecule has 2 aromatic carbocycles. The van der Waals surface area contributed by atoms with Gasteiger partial charge >= 0.3 is 0 Å². The Kier molecular flexibility index (Phi) is 8.85. The predicted octanol–water partition coefficient (Wildman–Crippen LogP) is 4.22. The van der Waals surface area contributed by atoms with Crippen molar-refractivity contribution in [2.45, 2.75) is 39.2 Å². The van der Waals surface area contributed by atoms with E-state index >= 15 is 0 Å². The largest absolute Gasteiger partial charge is 0.497 e. The molecule has 2 rings (SSSR count). The molecule has 1 N–H and O–H groups in total. The Morgan fingerprint density at radius 2 is 1.81 bits per heavy atom. The summed E-state index contributed by atoms with van der Waals surface area (Å²) in [5.74, 6) is 0.963. The Morgan fingerprint density at radius 3 is 2.48 bits per heavy atom. The zero-order chi connectivity index (χ0) is 19.5. The topological polar surface area (TPSA) is 41.6 Å². The fraction of sp³-hybridized carbons (Fsp3) is 0.435. The van der Waals surface area contributed by atoms with E-state index in [1.165, 1.54) is 11.1 Å². The summed E-state index contributed by atoms with van der Waals surface area (Å²) in [4.78, 5) is 14.7. The van der Waals surface area contributed by atoms with Crippen LogP contribution in [0.1, 0.15) is 43.9 Å². The Hall–Kier alpha value is -2.33. The van der Waals surface area contributed by atoms with Crippen LogP contribution in [0.2, 0.25) is 0 Å². The zero-order valence-corrected chi connectivity index (χ0v) is 16.8. The van der Waals surface area contributed by atoms with Gasteiger partial charge in [0.05, 0.1) is 13.2 Å². The predicted molar refractivity (Wildman–Crippen MR) is 111 cm³/mol. The lowest BCUT2D eigenvalue weighted by atomic mass is 10.0. The lowest BCUT2D eigenvalue weighted by Crippen LogP contribution is -2.38. The van der Waals surface area contributed by atoms with Crippen molar-refractivity contribution in [3.8, 4) is 5.75 Å². The average Bonchev–Trinajstić information content (AvgIpc) is 2.72. The number of rotatable bonds is 11. The molecule has 0 aliphatic carbocycles. The van der Waals surface area contributed by atoms with Crippen molar-refractivity contribution in [3.63, 3.8) is 0 Å². The van der Waals surface area contributed by atoms with Gasteiger partial charge in [0.1, 0.15) is 5.75 Å². The summed E-state index contributed by atoms with van der Waals surface area (Å²) in [6.45, 7) is 6.78. The minimum absolute atomic E-state index is 0.117. The Labute approximate surface area is 163 Å². The van der Waals surface area contributed by atoms with Crippen LogP contribution in [0, 0.1) is 0 Å². The van der Waals surface area contributed by atoms with Crippen LogP contribution in [0.25, 0.3) is 0 Å². The number of hydrogen-bond donors (Lipinski definition) is 1. The van der Waals surface area contributed by atoms with Gasteiger partial charge in [-0.3, -0.25) is 9.69 Å². The monoisotopic (exact) mass is 368 g/mol. The van der Waals surface area contributed by atoms with Gasteiger partial charge in [-0.25, -0.2) is 0 Å². The Morgan fingerprint density at radius 1 is 1.07 bits per heavy atom. The molecule has 1 amide bonds. The number of nitrogens with zero attached hydrogens (tertiary/aromatic N) is 1. The SMILES string of the molecule is CCN(CC)C(CNC(=O)CCCc1ccccc1)c1cccc(OC)c1. The van der Waals surface area contributed by atoms with Crippen LogP contribution in [0.5, 0.6) is 5.75 Å². The van der Waals surface area contributed by atoms with E-state index in [1.807, 2.05) is 30.3 Å². The summed E-state index contributed by atoms with van der Waals surface area (Å²) in [7, 11) is 1.68. The summed E-state index contributed by atoms with van der Waals surface area (Å²) in [6, 6.07) is 18.6. The van der Waals surface area contributed by atoms with E-state index in [0.29, 0.717) is 13.0 Å². The van der Waals surface area contributed by atoms with E-state index in [2.05, 4.69) is 48.3 Å². The Balaban J connectivity index is 1.91. The van der Waals surface area contributed by atoms with Crippen LogP contribution in [-0.4, -0.2) is 37.6 Å². The van der Waals surface area contributed by atoms with E-state index in [4.69, 9.17) is 4.74 Å². The maximum atomic E-state index is 12.3. The van der Waals surface area contributed by atoms with Gasteiger partial charge in [0.25, 0.3) is 0 Å². The molecular weight excluding hydrogens is 336 g/mol. The first-order chi connectivity index (χ1) is 13.2. The first-order valence-electron chi connectivity index (χ1n) is 9.86. The lowest BCUT2D eigenvalue weighted by Gasteiger charge is -2.30. The third kappa shape index (κ3) is 6.72. The number of hydrogen-bond acceptors (Lipinski definition) is 3. The normalized spacial score (nSPS) is 12.0. The number of aryl methyl sites for hydroxylation is 1. The van der Waals surface area contributed by atoms with Crippen LogP contribution in [0.3, 0.4) is 0 Å². The number of carbonyl (C=O) groups excluding carboxylic acids is 1. The lowest BCUT2D eigenvalue weighted by molar-refractivity contribution is -0.121. The zero-order valence-electron chi connectivity index (χ0n) is 16.8. The third-order valence-corrected chi connectivity index (χ3v) is 4.94. The minimum Gasteiger partial charge on any atom is -0.497 e. The molecule has 0 fully saturated rings. The summed E-state index contributed by atoms with van der Waals surface area (Å²) < 4.78 is 5.37. The van der Waals surface area contributed by atoms with Crippen LogP contribution >= 0.6 is 0 Å². The van der Waals surface area contributed by atoms with Gasteiger partial charge in [-0.15, -0.1) is 0 Å². The Bertz CT molecular complexity index is 684.